The van der Waals surface area contributed by atoms with Crippen molar-refractivity contribution in [1.82, 2.24) is 4.47 Å². The number of halogens is 1. The second-order valence-corrected chi connectivity index (χ2v) is 5.50. The SMILES string of the molecule is Nc1cccc(F)c1S(=O)(=O)N1CCCCO1. The summed E-state index contributed by atoms with van der Waals surface area (Å²) >= 11 is 0. The number of hydrogen-bond acceptors (Lipinski definition) is 4. The maximum atomic E-state index is 13.6. The fourth-order valence-electron chi connectivity index (χ4n) is 1.66. The normalized spacial score (nSPS) is 18.2. The minimum Gasteiger partial charge on any atom is -0.398 e. The Hall–Kier alpha value is -1.18. The molecule has 0 radical (unpaired) electrons. The van der Waals surface area contributed by atoms with Gasteiger partial charge in [0.1, 0.15) is 10.7 Å². The zero-order valence-electron chi connectivity index (χ0n) is 9.10. The van der Waals surface area contributed by atoms with Gasteiger partial charge in [-0.25, -0.2) is 12.8 Å². The first-order chi connectivity index (χ1) is 8.03. The Kier molecular flexibility index (Phi) is 3.32. The predicted octanol–water partition coefficient (Wildman–Crippen LogP) is 1.12. The molecule has 5 nitrogen and oxygen atoms in total. The second kappa shape index (κ2) is 4.59. The predicted molar refractivity (Wildman–Crippen MR) is 59.9 cm³/mol. The van der Waals surface area contributed by atoms with Crippen LogP contribution in [0.1, 0.15) is 12.8 Å². The lowest BCUT2D eigenvalue weighted by molar-refractivity contribution is -0.108. The number of nitrogen functional groups attached to an aromatic ring is 1. The molecule has 17 heavy (non-hydrogen) atoms. The van der Waals surface area contributed by atoms with E-state index in [1.807, 2.05) is 0 Å². The van der Waals surface area contributed by atoms with E-state index >= 15 is 0 Å². The fraction of sp³-hybridized carbons (Fsp3) is 0.400. The Balaban J connectivity index is 2.44. The van der Waals surface area contributed by atoms with Crippen LogP contribution in [0.2, 0.25) is 0 Å². The maximum absolute atomic E-state index is 13.6. The van der Waals surface area contributed by atoms with E-state index in [1.165, 1.54) is 12.1 Å². The Labute approximate surface area is 99.0 Å². The molecule has 1 aromatic rings. The second-order valence-electron chi connectivity index (χ2n) is 3.73. The standard InChI is InChI=1S/C10H13FN2O3S/c11-8-4-3-5-9(12)10(8)17(14,15)13-6-1-2-7-16-13/h3-5H,1-2,6-7,12H2. The molecule has 0 aromatic heterocycles. The molecule has 1 fully saturated rings. The van der Waals surface area contributed by atoms with Gasteiger partial charge in [0, 0.05) is 6.54 Å². The van der Waals surface area contributed by atoms with Crippen LogP contribution in [0.4, 0.5) is 10.1 Å². The van der Waals surface area contributed by atoms with E-state index in [2.05, 4.69) is 0 Å². The molecule has 0 unspecified atom stereocenters. The Morgan fingerprint density at radius 1 is 1.35 bits per heavy atom. The summed E-state index contributed by atoms with van der Waals surface area (Å²) in [4.78, 5) is 4.52. The van der Waals surface area contributed by atoms with Crippen LogP contribution in [-0.2, 0) is 14.9 Å². The van der Waals surface area contributed by atoms with E-state index in [9.17, 15) is 12.8 Å². The van der Waals surface area contributed by atoms with E-state index in [-0.39, 0.29) is 12.2 Å². The summed E-state index contributed by atoms with van der Waals surface area (Å²) < 4.78 is 38.6. The molecule has 0 spiro atoms. The van der Waals surface area contributed by atoms with Gasteiger partial charge in [0.2, 0.25) is 0 Å². The van der Waals surface area contributed by atoms with Crippen molar-refractivity contribution in [2.75, 3.05) is 18.9 Å². The van der Waals surface area contributed by atoms with Gasteiger partial charge in [-0.05, 0) is 25.0 Å². The van der Waals surface area contributed by atoms with Gasteiger partial charge in [0.05, 0.1) is 12.3 Å². The number of nitrogens with two attached hydrogens (primary N) is 1. The Morgan fingerprint density at radius 2 is 2.12 bits per heavy atom. The van der Waals surface area contributed by atoms with E-state index in [4.69, 9.17) is 10.6 Å². The third-order valence-corrected chi connectivity index (χ3v) is 4.26. The summed E-state index contributed by atoms with van der Waals surface area (Å²) in [7, 11) is -4.01. The van der Waals surface area contributed by atoms with Crippen molar-refractivity contribution in [3.63, 3.8) is 0 Å². The van der Waals surface area contributed by atoms with Crippen LogP contribution in [0.5, 0.6) is 0 Å². The summed E-state index contributed by atoms with van der Waals surface area (Å²) in [5.41, 5.74) is 5.40. The summed E-state index contributed by atoms with van der Waals surface area (Å²) in [5.74, 6) is -0.862. The molecular weight excluding hydrogens is 247 g/mol. The molecule has 2 rings (SSSR count). The molecular formula is C10H13FN2O3S. The van der Waals surface area contributed by atoms with E-state index in [1.54, 1.807) is 0 Å². The fourth-order valence-corrected chi connectivity index (χ4v) is 3.13. The van der Waals surface area contributed by atoms with Gasteiger partial charge in [0.15, 0.2) is 0 Å². The topological polar surface area (TPSA) is 72.6 Å². The number of hydroxylamine groups is 1. The lowest BCUT2D eigenvalue weighted by Gasteiger charge is -2.25. The number of sulfonamides is 1. The van der Waals surface area contributed by atoms with E-state index < -0.39 is 20.7 Å². The van der Waals surface area contributed by atoms with Crippen LogP contribution in [0.3, 0.4) is 0 Å². The number of benzene rings is 1. The van der Waals surface area contributed by atoms with E-state index in [0.717, 1.165) is 17.0 Å². The average Bonchev–Trinajstić information content (AvgIpc) is 2.29. The molecule has 7 heteroatoms. The molecule has 0 bridgehead atoms. The third-order valence-electron chi connectivity index (χ3n) is 2.49. The minimum atomic E-state index is -4.01. The third kappa shape index (κ3) is 2.26. The largest absolute Gasteiger partial charge is 0.398 e. The smallest absolute Gasteiger partial charge is 0.269 e. The molecule has 1 aliphatic heterocycles. The average molecular weight is 260 g/mol. The van der Waals surface area contributed by atoms with Crippen molar-refractivity contribution in [2.45, 2.75) is 17.7 Å². The van der Waals surface area contributed by atoms with Crippen LogP contribution in [0, 0.1) is 5.82 Å². The van der Waals surface area contributed by atoms with Crippen molar-refractivity contribution in [3.8, 4) is 0 Å². The van der Waals surface area contributed by atoms with Crippen LogP contribution < -0.4 is 5.73 Å². The maximum Gasteiger partial charge on any atom is 0.269 e. The first kappa shape index (κ1) is 12.3. The highest BCUT2D eigenvalue weighted by Gasteiger charge is 2.31. The highest BCUT2D eigenvalue weighted by Crippen LogP contribution is 2.26. The van der Waals surface area contributed by atoms with Crippen molar-refractivity contribution >= 4 is 15.7 Å². The molecule has 94 valence electrons. The first-order valence-electron chi connectivity index (χ1n) is 5.23. The van der Waals surface area contributed by atoms with Crippen LogP contribution >= 0.6 is 0 Å². The lowest BCUT2D eigenvalue weighted by atomic mass is 10.3. The van der Waals surface area contributed by atoms with Gasteiger partial charge < -0.3 is 5.73 Å². The summed E-state index contributed by atoms with van der Waals surface area (Å²) in [6.45, 7) is 0.531. The number of anilines is 1. The molecule has 0 aliphatic carbocycles. The molecule has 0 amide bonds. The highest BCUT2D eigenvalue weighted by atomic mass is 32.2. The first-order valence-corrected chi connectivity index (χ1v) is 6.67. The summed E-state index contributed by atoms with van der Waals surface area (Å²) in [6, 6.07) is 3.77. The van der Waals surface area contributed by atoms with Gasteiger partial charge in [-0.3, -0.25) is 4.84 Å². The number of rotatable bonds is 2. The van der Waals surface area contributed by atoms with E-state index in [0.29, 0.717) is 13.0 Å². The van der Waals surface area contributed by atoms with Crippen molar-refractivity contribution in [2.24, 2.45) is 0 Å². The number of nitrogens with zero attached hydrogens (tertiary/aromatic N) is 1. The number of hydrogen-bond donors (Lipinski definition) is 1. The minimum absolute atomic E-state index is 0.112. The highest BCUT2D eigenvalue weighted by molar-refractivity contribution is 7.89. The van der Waals surface area contributed by atoms with Crippen molar-refractivity contribution in [3.05, 3.63) is 24.0 Å². The van der Waals surface area contributed by atoms with Gasteiger partial charge in [-0.15, -0.1) is 0 Å². The monoisotopic (exact) mass is 260 g/mol. The summed E-state index contributed by atoms with van der Waals surface area (Å²) in [5, 5.41) is 0. The van der Waals surface area contributed by atoms with Crippen LogP contribution in [0.15, 0.2) is 23.1 Å². The van der Waals surface area contributed by atoms with Gasteiger partial charge in [-0.2, -0.15) is 0 Å². The molecule has 1 aromatic carbocycles. The van der Waals surface area contributed by atoms with Crippen LogP contribution in [-0.4, -0.2) is 26.0 Å². The zero-order valence-corrected chi connectivity index (χ0v) is 9.91. The summed E-state index contributed by atoms with van der Waals surface area (Å²) in [6.07, 6.45) is 1.48. The van der Waals surface area contributed by atoms with Crippen molar-refractivity contribution < 1.29 is 17.6 Å². The molecule has 1 heterocycles. The van der Waals surface area contributed by atoms with Gasteiger partial charge in [0.25, 0.3) is 10.0 Å². The van der Waals surface area contributed by atoms with Gasteiger partial charge >= 0.3 is 0 Å². The van der Waals surface area contributed by atoms with Gasteiger partial charge in [-0.1, -0.05) is 10.5 Å². The molecule has 1 saturated heterocycles. The Morgan fingerprint density at radius 3 is 2.71 bits per heavy atom. The molecule has 1 aliphatic rings. The quantitative estimate of drug-likeness (QED) is 0.809. The molecule has 2 N–H and O–H groups in total. The molecule has 0 atom stereocenters. The zero-order chi connectivity index (χ0) is 12.5. The lowest BCUT2D eigenvalue weighted by Crippen LogP contribution is -2.36. The van der Waals surface area contributed by atoms with Crippen LogP contribution in [0.25, 0.3) is 0 Å². The molecule has 0 saturated carbocycles. The Bertz CT molecular complexity index is 492. The van der Waals surface area contributed by atoms with Crippen molar-refractivity contribution in [1.29, 1.82) is 0 Å².